The van der Waals surface area contributed by atoms with E-state index in [1.807, 2.05) is 0 Å². The predicted octanol–water partition coefficient (Wildman–Crippen LogP) is 1.37. The molecule has 33 heavy (non-hydrogen) atoms. The Morgan fingerprint density at radius 3 is 1.06 bits per heavy atom. The molecule has 0 spiro atoms. The van der Waals surface area contributed by atoms with Gasteiger partial charge in [0.1, 0.15) is 12.1 Å². The van der Waals surface area contributed by atoms with Crippen molar-refractivity contribution in [3.05, 3.63) is 0 Å². The Hall–Kier alpha value is -3.18. The van der Waals surface area contributed by atoms with E-state index >= 15 is 0 Å². The van der Waals surface area contributed by atoms with Crippen molar-refractivity contribution in [2.24, 2.45) is 0 Å². The number of amides is 2. The van der Waals surface area contributed by atoms with Gasteiger partial charge in [-0.2, -0.15) is 0 Å². The molecule has 12 heteroatoms. The van der Waals surface area contributed by atoms with Gasteiger partial charge in [-0.15, -0.1) is 0 Å². The molecule has 6 N–H and O–H groups in total. The van der Waals surface area contributed by atoms with Gasteiger partial charge in [0.15, 0.2) is 0 Å². The lowest BCUT2D eigenvalue weighted by Crippen LogP contribution is -2.41. The minimum Gasteiger partial charge on any atom is -0.481 e. The zero-order valence-electron chi connectivity index (χ0n) is 18.6. The van der Waals surface area contributed by atoms with E-state index in [2.05, 4.69) is 10.6 Å². The smallest absolute Gasteiger partial charge is 0.326 e. The van der Waals surface area contributed by atoms with E-state index in [-0.39, 0.29) is 38.5 Å². The molecule has 0 radical (unpaired) electrons. The third kappa shape index (κ3) is 17.1. The number of aliphatic carboxylic acids is 4. The van der Waals surface area contributed by atoms with Crippen LogP contribution in [0.3, 0.4) is 0 Å². The van der Waals surface area contributed by atoms with Crippen molar-refractivity contribution >= 4 is 35.7 Å². The summed E-state index contributed by atoms with van der Waals surface area (Å²) in [5.41, 5.74) is 0. The number of hydrogen-bond acceptors (Lipinski definition) is 6. The molecule has 0 aliphatic carbocycles. The summed E-state index contributed by atoms with van der Waals surface area (Å²) in [4.78, 5) is 66.8. The van der Waals surface area contributed by atoms with Crippen LogP contribution < -0.4 is 10.6 Å². The molecule has 0 unspecified atom stereocenters. The molecule has 0 rings (SSSR count). The molecule has 0 aromatic heterocycles. The average molecular weight is 475 g/mol. The van der Waals surface area contributed by atoms with Crippen LogP contribution in [0.15, 0.2) is 0 Å². The van der Waals surface area contributed by atoms with Gasteiger partial charge in [0.2, 0.25) is 11.8 Å². The maximum absolute atomic E-state index is 11.8. The lowest BCUT2D eigenvalue weighted by molar-refractivity contribution is -0.144. The summed E-state index contributed by atoms with van der Waals surface area (Å²) >= 11 is 0. The quantitative estimate of drug-likeness (QED) is 0.140. The van der Waals surface area contributed by atoms with E-state index < -0.39 is 47.8 Å². The molecule has 0 aromatic rings. The van der Waals surface area contributed by atoms with Crippen molar-refractivity contribution in [1.82, 2.24) is 10.6 Å². The first-order chi connectivity index (χ1) is 15.5. The van der Waals surface area contributed by atoms with Crippen LogP contribution in [0, 0.1) is 0 Å². The van der Waals surface area contributed by atoms with Crippen molar-refractivity contribution in [2.45, 2.75) is 95.6 Å². The maximum Gasteiger partial charge on any atom is 0.326 e. The van der Waals surface area contributed by atoms with Crippen LogP contribution in [0.1, 0.15) is 83.5 Å². The first kappa shape index (κ1) is 29.8. The van der Waals surface area contributed by atoms with Crippen molar-refractivity contribution in [3.63, 3.8) is 0 Å². The number of nitrogens with one attached hydrogen (secondary N) is 2. The molecule has 0 aliphatic rings. The fourth-order valence-electron chi connectivity index (χ4n) is 3.04. The SMILES string of the molecule is O=C(O)CC[C@H](NC(=O)CCCCCCCCCC(=O)N[C@@H](CCC(=O)O)C(=O)O)C(=O)O. The van der Waals surface area contributed by atoms with Crippen LogP contribution in [0.2, 0.25) is 0 Å². The summed E-state index contributed by atoms with van der Waals surface area (Å²) < 4.78 is 0. The molecule has 0 saturated heterocycles. The molecular formula is C21H34N2O10. The highest BCUT2D eigenvalue weighted by Crippen LogP contribution is 2.10. The van der Waals surface area contributed by atoms with Gasteiger partial charge in [0, 0.05) is 25.7 Å². The number of carbonyl (C=O) groups is 6. The fraction of sp³-hybridized carbons (Fsp3) is 0.714. The Labute approximate surface area is 191 Å². The second kappa shape index (κ2) is 17.4. The van der Waals surface area contributed by atoms with Crippen LogP contribution in [-0.4, -0.2) is 68.2 Å². The van der Waals surface area contributed by atoms with Crippen molar-refractivity contribution in [3.8, 4) is 0 Å². The van der Waals surface area contributed by atoms with E-state index in [4.69, 9.17) is 20.4 Å². The number of carboxylic acids is 4. The zero-order valence-corrected chi connectivity index (χ0v) is 18.6. The molecule has 188 valence electrons. The fourth-order valence-corrected chi connectivity index (χ4v) is 3.04. The molecule has 0 fully saturated rings. The minimum absolute atomic E-state index is 0.156. The number of hydrogen-bond donors (Lipinski definition) is 6. The maximum atomic E-state index is 11.8. The molecule has 0 bridgehead atoms. The van der Waals surface area contributed by atoms with E-state index in [0.717, 1.165) is 32.1 Å². The largest absolute Gasteiger partial charge is 0.481 e. The highest BCUT2D eigenvalue weighted by molar-refractivity contribution is 5.84. The second-order valence-electron chi connectivity index (χ2n) is 7.76. The van der Waals surface area contributed by atoms with E-state index in [1.165, 1.54) is 0 Å². The Kier molecular flexibility index (Phi) is 15.7. The molecule has 2 atom stereocenters. The molecule has 12 nitrogen and oxygen atoms in total. The van der Waals surface area contributed by atoms with E-state index in [9.17, 15) is 28.8 Å². The predicted molar refractivity (Wildman–Crippen MR) is 114 cm³/mol. The van der Waals surface area contributed by atoms with Gasteiger partial charge in [-0.1, -0.05) is 32.1 Å². The summed E-state index contributed by atoms with van der Waals surface area (Å²) in [6.07, 6.45) is 4.57. The van der Waals surface area contributed by atoms with Crippen LogP contribution in [-0.2, 0) is 28.8 Å². The first-order valence-corrected chi connectivity index (χ1v) is 11.0. The second-order valence-corrected chi connectivity index (χ2v) is 7.76. The summed E-state index contributed by atoms with van der Waals surface area (Å²) in [7, 11) is 0. The van der Waals surface area contributed by atoms with Crippen LogP contribution in [0.25, 0.3) is 0 Å². The summed E-state index contributed by atoms with van der Waals surface area (Å²) in [6, 6.07) is -2.43. The number of carboxylic acid groups (broad SMARTS) is 4. The van der Waals surface area contributed by atoms with Gasteiger partial charge in [-0.25, -0.2) is 9.59 Å². The van der Waals surface area contributed by atoms with Gasteiger partial charge in [0.25, 0.3) is 0 Å². The van der Waals surface area contributed by atoms with Gasteiger partial charge in [-0.05, 0) is 25.7 Å². The third-order valence-corrected chi connectivity index (χ3v) is 4.87. The van der Waals surface area contributed by atoms with Crippen LogP contribution >= 0.6 is 0 Å². The van der Waals surface area contributed by atoms with Crippen molar-refractivity contribution < 1.29 is 49.2 Å². The third-order valence-electron chi connectivity index (χ3n) is 4.87. The lowest BCUT2D eigenvalue weighted by atomic mass is 10.1. The van der Waals surface area contributed by atoms with Crippen molar-refractivity contribution in [2.75, 3.05) is 0 Å². The van der Waals surface area contributed by atoms with Crippen molar-refractivity contribution in [1.29, 1.82) is 0 Å². The topological polar surface area (TPSA) is 207 Å². The van der Waals surface area contributed by atoms with E-state index in [0.29, 0.717) is 12.8 Å². The van der Waals surface area contributed by atoms with Crippen LogP contribution in [0.4, 0.5) is 0 Å². The molecule has 0 heterocycles. The molecule has 0 aromatic carbocycles. The summed E-state index contributed by atoms with van der Waals surface area (Å²) in [6.45, 7) is 0. The van der Waals surface area contributed by atoms with Gasteiger partial charge < -0.3 is 31.1 Å². The zero-order chi connectivity index (χ0) is 25.2. The summed E-state index contributed by atoms with van der Waals surface area (Å²) in [5.74, 6) is -5.65. The monoisotopic (exact) mass is 474 g/mol. The standard InChI is InChI=1S/C21H34N2O10/c24-16(22-14(20(30)31)10-12-18(26)27)8-6-4-2-1-3-5-7-9-17(25)23-15(21(32)33)11-13-19(28)29/h14-15H,1-13H2,(H,22,24)(H,23,25)(H,26,27)(H,28,29)(H,30,31)(H,32,33)/t14-,15-/m0/s1. The normalized spacial score (nSPS) is 12.4. The highest BCUT2D eigenvalue weighted by Gasteiger charge is 2.21. The molecule has 0 aliphatic heterocycles. The Bertz CT molecular complexity index is 624. The number of carbonyl (C=O) groups excluding carboxylic acids is 2. The molecule has 2 amide bonds. The Morgan fingerprint density at radius 1 is 0.485 bits per heavy atom. The van der Waals surface area contributed by atoms with Gasteiger partial charge >= 0.3 is 23.9 Å². The van der Waals surface area contributed by atoms with E-state index in [1.54, 1.807) is 0 Å². The molecule has 0 saturated carbocycles. The minimum atomic E-state index is -1.27. The lowest BCUT2D eigenvalue weighted by Gasteiger charge is -2.13. The van der Waals surface area contributed by atoms with Crippen LogP contribution in [0.5, 0.6) is 0 Å². The number of unbranched alkanes of at least 4 members (excludes halogenated alkanes) is 6. The summed E-state index contributed by atoms with van der Waals surface area (Å²) in [5, 5.41) is 39.9. The van der Waals surface area contributed by atoms with Gasteiger partial charge in [0.05, 0.1) is 0 Å². The Balaban J connectivity index is 3.84. The Morgan fingerprint density at radius 2 is 0.788 bits per heavy atom. The average Bonchev–Trinajstić information content (AvgIpc) is 2.72. The highest BCUT2D eigenvalue weighted by atomic mass is 16.4. The first-order valence-electron chi connectivity index (χ1n) is 11.0. The van der Waals surface area contributed by atoms with Gasteiger partial charge in [-0.3, -0.25) is 19.2 Å². The number of rotatable bonds is 20. The molecular weight excluding hydrogens is 440 g/mol.